The average Bonchev–Trinajstić information content (AvgIpc) is 2.70. The summed E-state index contributed by atoms with van der Waals surface area (Å²) in [5, 5.41) is 7.13. The number of benzene rings is 2. The van der Waals surface area contributed by atoms with Crippen LogP contribution in [0.1, 0.15) is 29.8 Å². The third-order valence-electron chi connectivity index (χ3n) is 3.91. The zero-order valence-electron chi connectivity index (χ0n) is 16.2. The van der Waals surface area contributed by atoms with Crippen molar-refractivity contribution in [1.82, 2.24) is 10.7 Å². The Bertz CT molecular complexity index is 918. The number of carbonyl (C=O) groups is 2. The smallest absolute Gasteiger partial charge is 0.262 e. The molecule has 6 nitrogen and oxygen atoms in total. The number of nitrogens with one attached hydrogen (secondary N) is 2. The van der Waals surface area contributed by atoms with E-state index < -0.39 is 11.9 Å². The number of carbonyl (C=O) groups excluding carboxylic acids is 2. The van der Waals surface area contributed by atoms with Crippen molar-refractivity contribution in [3.63, 3.8) is 0 Å². The Morgan fingerprint density at radius 3 is 2.59 bits per heavy atom. The molecule has 0 aliphatic heterocycles. The Morgan fingerprint density at radius 2 is 1.97 bits per heavy atom. The number of hydrazone groups is 1. The van der Waals surface area contributed by atoms with Crippen molar-refractivity contribution in [3.8, 4) is 18.1 Å². The van der Waals surface area contributed by atoms with Crippen molar-refractivity contribution in [3.05, 3.63) is 64.7 Å². The predicted octanol–water partition coefficient (Wildman–Crippen LogP) is 3.26. The van der Waals surface area contributed by atoms with E-state index >= 15 is 0 Å². The second-order valence-corrected chi connectivity index (χ2v) is 6.94. The molecule has 0 saturated heterocycles. The number of halogens is 1. The van der Waals surface area contributed by atoms with Crippen molar-refractivity contribution in [2.45, 2.75) is 19.9 Å². The zero-order chi connectivity index (χ0) is 21.2. The van der Waals surface area contributed by atoms with E-state index in [1.807, 2.05) is 13.8 Å². The highest BCUT2D eigenvalue weighted by atomic mass is 35.5. The molecule has 0 heterocycles. The van der Waals surface area contributed by atoms with Crippen molar-refractivity contribution in [1.29, 1.82) is 0 Å². The summed E-state index contributed by atoms with van der Waals surface area (Å²) in [6.45, 7) is 3.86. The van der Waals surface area contributed by atoms with Gasteiger partial charge in [0, 0.05) is 10.6 Å². The van der Waals surface area contributed by atoms with Crippen LogP contribution in [0.3, 0.4) is 0 Å². The number of nitrogens with zero attached hydrogens (tertiary/aromatic N) is 1. The average molecular weight is 412 g/mol. The first-order chi connectivity index (χ1) is 13.9. The molecule has 0 aliphatic carbocycles. The van der Waals surface area contributed by atoms with Crippen molar-refractivity contribution in [2.75, 3.05) is 6.61 Å². The molecule has 150 valence electrons. The molecule has 7 heteroatoms. The normalized spacial score (nSPS) is 11.7. The number of ether oxygens (including phenoxy) is 1. The molecule has 0 spiro atoms. The van der Waals surface area contributed by atoms with Gasteiger partial charge in [-0.15, -0.1) is 6.42 Å². The van der Waals surface area contributed by atoms with Gasteiger partial charge in [-0.25, -0.2) is 5.43 Å². The van der Waals surface area contributed by atoms with E-state index in [9.17, 15) is 9.59 Å². The highest BCUT2D eigenvalue weighted by molar-refractivity contribution is 6.31. The van der Waals surface area contributed by atoms with Crippen molar-refractivity contribution in [2.24, 2.45) is 11.0 Å². The molecule has 2 aromatic rings. The third kappa shape index (κ3) is 6.98. The first kappa shape index (κ1) is 22.0. The molecule has 2 rings (SSSR count). The molecule has 2 N–H and O–H groups in total. The van der Waals surface area contributed by atoms with Gasteiger partial charge in [0.1, 0.15) is 18.4 Å². The molecule has 29 heavy (non-hydrogen) atoms. The molecule has 1 unspecified atom stereocenters. The minimum atomic E-state index is -0.752. The van der Waals surface area contributed by atoms with Crippen LogP contribution in [-0.2, 0) is 4.79 Å². The molecular weight excluding hydrogens is 390 g/mol. The quantitative estimate of drug-likeness (QED) is 0.397. The van der Waals surface area contributed by atoms with Gasteiger partial charge in [-0.3, -0.25) is 9.59 Å². The van der Waals surface area contributed by atoms with E-state index in [-0.39, 0.29) is 18.4 Å². The lowest BCUT2D eigenvalue weighted by molar-refractivity contribution is -0.123. The van der Waals surface area contributed by atoms with Crippen LogP contribution in [-0.4, -0.2) is 30.7 Å². The maximum absolute atomic E-state index is 12.5. The fraction of sp³-hybridized carbons (Fsp3) is 0.227. The number of hydrogen-bond donors (Lipinski definition) is 2. The van der Waals surface area contributed by atoms with E-state index in [4.69, 9.17) is 22.8 Å². The Labute approximate surface area is 175 Å². The van der Waals surface area contributed by atoms with Crippen LogP contribution in [0, 0.1) is 18.3 Å². The topological polar surface area (TPSA) is 79.8 Å². The van der Waals surface area contributed by atoms with E-state index in [1.54, 1.807) is 48.5 Å². The van der Waals surface area contributed by atoms with Crippen LogP contribution in [0.5, 0.6) is 5.75 Å². The van der Waals surface area contributed by atoms with Crippen LogP contribution < -0.4 is 15.5 Å². The highest BCUT2D eigenvalue weighted by Crippen LogP contribution is 2.12. The molecule has 0 saturated carbocycles. The molecule has 0 aliphatic rings. The van der Waals surface area contributed by atoms with Gasteiger partial charge in [0.05, 0.1) is 6.21 Å². The standard InChI is InChI=1S/C22H22ClN3O3/c1-4-12-29-19-10-8-16(9-11-19)14-24-26-22(28)20(15(2)3)25-21(27)17-6-5-7-18(23)13-17/h1,5-11,13-15,20H,12H2,2-3H3,(H,25,27)(H,26,28)/b24-14-. The largest absolute Gasteiger partial charge is 0.481 e. The van der Waals surface area contributed by atoms with Gasteiger partial charge in [0.2, 0.25) is 0 Å². The maximum atomic E-state index is 12.5. The number of amides is 2. The van der Waals surface area contributed by atoms with Crippen LogP contribution in [0.4, 0.5) is 0 Å². The fourth-order valence-electron chi connectivity index (χ4n) is 2.40. The van der Waals surface area contributed by atoms with Gasteiger partial charge in [-0.2, -0.15) is 5.10 Å². The Hall–Kier alpha value is -3.30. The Balaban J connectivity index is 1.96. The van der Waals surface area contributed by atoms with E-state index in [0.717, 1.165) is 5.56 Å². The van der Waals surface area contributed by atoms with Gasteiger partial charge >= 0.3 is 0 Å². The zero-order valence-corrected chi connectivity index (χ0v) is 16.9. The number of terminal acetylenes is 1. The molecule has 0 bridgehead atoms. The van der Waals surface area contributed by atoms with Crippen LogP contribution in [0.25, 0.3) is 0 Å². The molecule has 0 aromatic heterocycles. The fourth-order valence-corrected chi connectivity index (χ4v) is 2.59. The minimum Gasteiger partial charge on any atom is -0.481 e. The van der Waals surface area contributed by atoms with Gasteiger partial charge in [-0.1, -0.05) is 37.4 Å². The number of hydrogen-bond acceptors (Lipinski definition) is 4. The van der Waals surface area contributed by atoms with Crippen molar-refractivity contribution >= 4 is 29.6 Å². The lowest BCUT2D eigenvalue weighted by Crippen LogP contribution is -2.48. The first-order valence-electron chi connectivity index (χ1n) is 8.96. The van der Waals surface area contributed by atoms with E-state index in [2.05, 4.69) is 21.8 Å². The maximum Gasteiger partial charge on any atom is 0.262 e. The summed E-state index contributed by atoms with van der Waals surface area (Å²) < 4.78 is 5.29. The summed E-state index contributed by atoms with van der Waals surface area (Å²) >= 11 is 5.92. The van der Waals surface area contributed by atoms with Gasteiger partial charge in [0.25, 0.3) is 11.8 Å². The molecule has 1 atom stereocenters. The third-order valence-corrected chi connectivity index (χ3v) is 4.15. The SMILES string of the molecule is C#CCOc1ccc(/C=N\NC(=O)C(NC(=O)c2cccc(Cl)c2)C(C)C)cc1. The van der Waals surface area contributed by atoms with Crippen LogP contribution >= 0.6 is 11.6 Å². The summed E-state index contributed by atoms with van der Waals surface area (Å²) in [7, 11) is 0. The molecule has 0 radical (unpaired) electrons. The predicted molar refractivity (Wildman–Crippen MR) is 114 cm³/mol. The lowest BCUT2D eigenvalue weighted by atomic mass is 10.0. The summed E-state index contributed by atoms with van der Waals surface area (Å²) in [6.07, 6.45) is 6.65. The monoisotopic (exact) mass is 411 g/mol. The van der Waals surface area contributed by atoms with Crippen LogP contribution in [0.15, 0.2) is 53.6 Å². The molecule has 2 aromatic carbocycles. The summed E-state index contributed by atoms with van der Waals surface area (Å²) in [4.78, 5) is 24.9. The minimum absolute atomic E-state index is 0.138. The van der Waals surface area contributed by atoms with Gasteiger partial charge < -0.3 is 10.1 Å². The van der Waals surface area contributed by atoms with Crippen LogP contribution in [0.2, 0.25) is 5.02 Å². The molecule has 2 amide bonds. The van der Waals surface area contributed by atoms with Gasteiger partial charge in [0.15, 0.2) is 0 Å². The van der Waals surface area contributed by atoms with E-state index in [1.165, 1.54) is 6.21 Å². The second-order valence-electron chi connectivity index (χ2n) is 6.50. The highest BCUT2D eigenvalue weighted by Gasteiger charge is 2.24. The van der Waals surface area contributed by atoms with Gasteiger partial charge in [-0.05, 0) is 53.9 Å². The Kier molecular flexibility index (Phi) is 8.26. The molecular formula is C22H22ClN3O3. The summed E-state index contributed by atoms with van der Waals surface area (Å²) in [5.41, 5.74) is 3.61. The first-order valence-corrected chi connectivity index (χ1v) is 9.34. The van der Waals surface area contributed by atoms with Crippen molar-refractivity contribution < 1.29 is 14.3 Å². The summed E-state index contributed by atoms with van der Waals surface area (Å²) in [6, 6.07) is 12.8. The number of rotatable bonds is 8. The summed E-state index contributed by atoms with van der Waals surface area (Å²) in [5.74, 6) is 2.10. The molecule has 0 fully saturated rings. The lowest BCUT2D eigenvalue weighted by Gasteiger charge is -2.20. The van der Waals surface area contributed by atoms with E-state index in [0.29, 0.717) is 16.3 Å². The second kappa shape index (κ2) is 10.9. The Morgan fingerprint density at radius 1 is 1.24 bits per heavy atom.